The molecular weight excluding hydrogens is 313 g/mol. The zero-order chi connectivity index (χ0) is 17.0. The first-order valence-corrected chi connectivity index (χ1v) is 6.99. The van der Waals surface area contributed by atoms with Crippen LogP contribution in [0.5, 0.6) is 11.5 Å². The zero-order valence-corrected chi connectivity index (χ0v) is 12.3. The molecule has 1 saturated carbocycles. The lowest BCUT2D eigenvalue weighted by Gasteiger charge is -2.16. The van der Waals surface area contributed by atoms with Crippen LogP contribution in [0, 0.1) is 0 Å². The molecule has 7 heteroatoms. The van der Waals surface area contributed by atoms with E-state index in [1.807, 2.05) is 0 Å². The molecule has 0 bridgehead atoms. The Balaban J connectivity index is 2.39. The molecule has 2 N–H and O–H groups in total. The molecule has 2 rings (SSSR count). The van der Waals surface area contributed by atoms with Crippen molar-refractivity contribution < 1.29 is 32.9 Å². The summed E-state index contributed by atoms with van der Waals surface area (Å²) in [5.74, 6) is -0.0577. The second kappa shape index (κ2) is 7.06. The SMILES string of the molecule is C=C(/C=C(\CO)c1cc(OC(F)(F)F)ccc1OC1CC1)CO. The van der Waals surface area contributed by atoms with Crippen LogP contribution in [-0.4, -0.2) is 35.9 Å². The van der Waals surface area contributed by atoms with E-state index in [4.69, 9.17) is 9.84 Å². The molecule has 1 aliphatic carbocycles. The standard InChI is InChI=1S/C16H17F3O4/c1-10(8-20)6-11(9-21)14-7-13(23-16(17,18)19)4-5-15(14)22-12-2-3-12/h4-7,12,20-21H,1-3,8-9H2/b11-6+. The normalized spacial score (nSPS) is 15.4. The first kappa shape index (κ1) is 17.4. The monoisotopic (exact) mass is 330 g/mol. The van der Waals surface area contributed by atoms with Gasteiger partial charge in [0.15, 0.2) is 0 Å². The summed E-state index contributed by atoms with van der Waals surface area (Å²) >= 11 is 0. The van der Waals surface area contributed by atoms with E-state index in [1.54, 1.807) is 0 Å². The smallest absolute Gasteiger partial charge is 0.490 e. The number of aliphatic hydroxyl groups is 2. The fraction of sp³-hybridized carbons (Fsp3) is 0.375. The highest BCUT2D eigenvalue weighted by atomic mass is 19.4. The average molecular weight is 330 g/mol. The number of ether oxygens (including phenoxy) is 2. The third-order valence-corrected chi connectivity index (χ3v) is 3.10. The van der Waals surface area contributed by atoms with Gasteiger partial charge in [0.1, 0.15) is 11.5 Å². The molecule has 0 aliphatic heterocycles. The third kappa shape index (κ3) is 5.30. The van der Waals surface area contributed by atoms with Gasteiger partial charge in [-0.3, -0.25) is 0 Å². The van der Waals surface area contributed by atoms with Crippen molar-refractivity contribution in [3.8, 4) is 11.5 Å². The number of hydrogen-bond donors (Lipinski definition) is 2. The van der Waals surface area contributed by atoms with Gasteiger partial charge in [-0.25, -0.2) is 0 Å². The minimum atomic E-state index is -4.81. The fourth-order valence-electron chi connectivity index (χ4n) is 1.93. The Morgan fingerprint density at radius 1 is 1.26 bits per heavy atom. The molecule has 0 heterocycles. The molecule has 0 aromatic heterocycles. The summed E-state index contributed by atoms with van der Waals surface area (Å²) in [4.78, 5) is 0. The maximum Gasteiger partial charge on any atom is 0.573 e. The number of hydrogen-bond acceptors (Lipinski definition) is 4. The van der Waals surface area contributed by atoms with Gasteiger partial charge in [-0.2, -0.15) is 0 Å². The molecule has 0 spiro atoms. The molecule has 126 valence electrons. The molecule has 1 aromatic rings. The van der Waals surface area contributed by atoms with Crippen LogP contribution in [0.4, 0.5) is 13.2 Å². The number of alkyl halides is 3. The Kier molecular flexibility index (Phi) is 5.33. The van der Waals surface area contributed by atoms with E-state index in [9.17, 15) is 18.3 Å². The molecule has 1 aliphatic rings. The summed E-state index contributed by atoms with van der Waals surface area (Å²) in [6.45, 7) is 2.80. The van der Waals surface area contributed by atoms with Crippen molar-refractivity contribution in [3.05, 3.63) is 42.0 Å². The van der Waals surface area contributed by atoms with Gasteiger partial charge in [0.05, 0.1) is 19.3 Å². The minimum absolute atomic E-state index is 0.0316. The number of benzene rings is 1. The van der Waals surface area contributed by atoms with Crippen LogP contribution in [-0.2, 0) is 0 Å². The average Bonchev–Trinajstić information content (AvgIpc) is 3.28. The lowest BCUT2D eigenvalue weighted by molar-refractivity contribution is -0.274. The van der Waals surface area contributed by atoms with E-state index in [0.717, 1.165) is 25.0 Å². The Labute approximate surface area is 131 Å². The first-order valence-electron chi connectivity index (χ1n) is 6.99. The molecule has 23 heavy (non-hydrogen) atoms. The van der Waals surface area contributed by atoms with Gasteiger partial charge in [0.2, 0.25) is 0 Å². The van der Waals surface area contributed by atoms with Crippen molar-refractivity contribution in [2.45, 2.75) is 25.3 Å². The van der Waals surface area contributed by atoms with Crippen LogP contribution >= 0.6 is 0 Å². The Morgan fingerprint density at radius 3 is 2.48 bits per heavy atom. The van der Waals surface area contributed by atoms with Gasteiger partial charge in [-0.15, -0.1) is 13.2 Å². The largest absolute Gasteiger partial charge is 0.573 e. The molecule has 0 saturated heterocycles. The summed E-state index contributed by atoms with van der Waals surface area (Å²) in [5.41, 5.74) is 0.872. The maximum absolute atomic E-state index is 12.4. The van der Waals surface area contributed by atoms with Gasteiger partial charge >= 0.3 is 6.36 Å². The molecule has 1 fully saturated rings. The molecule has 0 atom stereocenters. The Hall–Kier alpha value is -1.99. The van der Waals surface area contributed by atoms with Crippen molar-refractivity contribution in [3.63, 3.8) is 0 Å². The molecule has 1 aromatic carbocycles. The van der Waals surface area contributed by atoms with Crippen LogP contribution in [0.1, 0.15) is 18.4 Å². The van der Waals surface area contributed by atoms with Gasteiger partial charge in [0, 0.05) is 5.56 Å². The highest BCUT2D eigenvalue weighted by Crippen LogP contribution is 2.36. The van der Waals surface area contributed by atoms with E-state index in [-0.39, 0.29) is 23.8 Å². The topological polar surface area (TPSA) is 58.9 Å². The number of halogens is 3. The summed E-state index contributed by atoms with van der Waals surface area (Å²) in [5, 5.41) is 18.5. The van der Waals surface area contributed by atoms with Crippen LogP contribution in [0.3, 0.4) is 0 Å². The number of aliphatic hydroxyl groups excluding tert-OH is 2. The van der Waals surface area contributed by atoms with Gasteiger partial charge in [-0.05, 0) is 42.2 Å². The van der Waals surface area contributed by atoms with Crippen LogP contribution in [0.2, 0.25) is 0 Å². The predicted molar refractivity (Wildman–Crippen MR) is 78.1 cm³/mol. The molecule has 4 nitrogen and oxygen atoms in total. The predicted octanol–water partition coefficient (Wildman–Crippen LogP) is 3.05. The van der Waals surface area contributed by atoms with E-state index < -0.39 is 18.7 Å². The fourth-order valence-corrected chi connectivity index (χ4v) is 1.93. The van der Waals surface area contributed by atoms with Crippen molar-refractivity contribution in [2.75, 3.05) is 13.2 Å². The molecule has 0 unspecified atom stereocenters. The molecular formula is C16H17F3O4. The van der Waals surface area contributed by atoms with Crippen molar-refractivity contribution >= 4 is 5.57 Å². The minimum Gasteiger partial charge on any atom is -0.490 e. The lowest BCUT2D eigenvalue weighted by Crippen LogP contribution is -2.17. The maximum atomic E-state index is 12.4. The molecule has 0 radical (unpaired) electrons. The zero-order valence-electron chi connectivity index (χ0n) is 12.3. The van der Waals surface area contributed by atoms with E-state index in [0.29, 0.717) is 11.3 Å². The summed E-state index contributed by atoms with van der Waals surface area (Å²) in [6.07, 6.45) is -1.62. The van der Waals surface area contributed by atoms with Crippen molar-refractivity contribution in [1.82, 2.24) is 0 Å². The Morgan fingerprint density at radius 2 is 1.96 bits per heavy atom. The van der Waals surface area contributed by atoms with Crippen LogP contribution < -0.4 is 9.47 Å². The summed E-state index contributed by atoms with van der Waals surface area (Å²) in [6, 6.07) is 3.68. The van der Waals surface area contributed by atoms with Crippen molar-refractivity contribution in [1.29, 1.82) is 0 Å². The van der Waals surface area contributed by atoms with Crippen molar-refractivity contribution in [2.24, 2.45) is 0 Å². The van der Waals surface area contributed by atoms with Gasteiger partial charge in [-0.1, -0.05) is 12.7 Å². The Bertz CT molecular complexity index is 604. The first-order chi connectivity index (χ1) is 10.8. The van der Waals surface area contributed by atoms with Gasteiger partial charge in [0.25, 0.3) is 0 Å². The van der Waals surface area contributed by atoms with E-state index in [2.05, 4.69) is 11.3 Å². The number of rotatable bonds is 7. The highest BCUT2D eigenvalue weighted by Gasteiger charge is 2.32. The highest BCUT2D eigenvalue weighted by molar-refractivity contribution is 5.74. The molecule has 0 amide bonds. The van der Waals surface area contributed by atoms with E-state index in [1.165, 1.54) is 12.1 Å². The summed E-state index contributed by atoms with van der Waals surface area (Å²) < 4.78 is 46.7. The third-order valence-electron chi connectivity index (χ3n) is 3.10. The lowest BCUT2D eigenvalue weighted by atomic mass is 10.0. The van der Waals surface area contributed by atoms with Crippen LogP contribution in [0.15, 0.2) is 36.4 Å². The second-order valence-electron chi connectivity index (χ2n) is 5.17. The van der Waals surface area contributed by atoms with Gasteiger partial charge < -0.3 is 19.7 Å². The van der Waals surface area contributed by atoms with Crippen LogP contribution in [0.25, 0.3) is 5.57 Å². The summed E-state index contributed by atoms with van der Waals surface area (Å²) in [7, 11) is 0. The quantitative estimate of drug-likeness (QED) is 0.755. The van der Waals surface area contributed by atoms with E-state index >= 15 is 0 Å². The second-order valence-corrected chi connectivity index (χ2v) is 5.17.